The van der Waals surface area contributed by atoms with E-state index in [2.05, 4.69) is 15.1 Å². The summed E-state index contributed by atoms with van der Waals surface area (Å²) < 4.78 is 20.8. The molecule has 0 radical (unpaired) electrons. The second kappa shape index (κ2) is 4.73. The summed E-state index contributed by atoms with van der Waals surface area (Å²) >= 11 is 0. The third-order valence-corrected chi connectivity index (χ3v) is 3.55. The number of nitrogen functional groups attached to an aromatic ring is 2. The van der Waals surface area contributed by atoms with Crippen molar-refractivity contribution in [2.24, 2.45) is 0 Å². The number of aliphatic hydroxyl groups is 2. The van der Waals surface area contributed by atoms with Crippen LogP contribution in [0.4, 0.5) is 16.2 Å². The van der Waals surface area contributed by atoms with Crippen LogP contribution in [0.5, 0.6) is 0 Å². The molecule has 10 nitrogen and oxygen atoms in total. The Labute approximate surface area is 122 Å². The first-order valence-corrected chi connectivity index (χ1v) is 6.22. The summed E-state index contributed by atoms with van der Waals surface area (Å²) in [5.74, 6) is -0.173. The topological polar surface area (TPSA) is 169 Å². The molecule has 1 fully saturated rings. The number of nitrogens with two attached hydrogens (primary N) is 2. The van der Waals surface area contributed by atoms with Gasteiger partial charge in [-0.3, -0.25) is 0 Å². The molecule has 2 aromatic heterocycles. The first-order valence-electron chi connectivity index (χ1n) is 6.22. The molecule has 1 saturated heterocycles. The number of halogens is 1. The van der Waals surface area contributed by atoms with Gasteiger partial charge in [-0.2, -0.15) is 10.2 Å². The first kappa shape index (κ1) is 14.4. The smallest absolute Gasteiger partial charge is 0.240 e. The summed E-state index contributed by atoms with van der Waals surface area (Å²) in [6, 6.07) is 1.60. The number of fused-ring (bicyclic) bond motifs is 1. The van der Waals surface area contributed by atoms with Gasteiger partial charge in [-0.25, -0.2) is 13.9 Å². The van der Waals surface area contributed by atoms with Gasteiger partial charge in [0.2, 0.25) is 11.5 Å². The van der Waals surface area contributed by atoms with Crippen LogP contribution in [0.2, 0.25) is 0 Å². The van der Waals surface area contributed by atoms with Crippen LogP contribution in [0, 0.1) is 11.3 Å². The van der Waals surface area contributed by atoms with Gasteiger partial charge in [0.25, 0.3) is 0 Å². The molecule has 0 aromatic carbocycles. The van der Waals surface area contributed by atoms with Gasteiger partial charge >= 0.3 is 0 Å². The van der Waals surface area contributed by atoms with Gasteiger partial charge in [-0.15, -0.1) is 5.10 Å². The Kier molecular flexibility index (Phi) is 3.10. The van der Waals surface area contributed by atoms with Crippen molar-refractivity contribution < 1.29 is 19.3 Å². The number of nitrogens with zero attached hydrogens (tertiary/aromatic N) is 5. The summed E-state index contributed by atoms with van der Waals surface area (Å²) in [7, 11) is 0. The summed E-state index contributed by atoms with van der Waals surface area (Å²) in [4.78, 5) is 7.67. The minimum absolute atomic E-state index is 0.0126. The molecule has 2 aromatic rings. The van der Waals surface area contributed by atoms with Crippen LogP contribution in [-0.2, 0) is 4.74 Å². The van der Waals surface area contributed by atoms with Crippen LogP contribution >= 0.6 is 0 Å². The molecule has 22 heavy (non-hydrogen) atoms. The van der Waals surface area contributed by atoms with E-state index in [1.165, 1.54) is 6.20 Å². The van der Waals surface area contributed by atoms with E-state index >= 15 is 0 Å². The van der Waals surface area contributed by atoms with E-state index in [1.807, 2.05) is 0 Å². The molecule has 1 aliphatic heterocycles. The molecule has 116 valence electrons. The van der Waals surface area contributed by atoms with Gasteiger partial charge in [0.05, 0.1) is 18.5 Å². The fourth-order valence-corrected chi connectivity index (χ4v) is 2.40. The molecule has 3 rings (SSSR count). The highest BCUT2D eigenvalue weighted by atomic mass is 19.1. The van der Waals surface area contributed by atoms with E-state index in [9.17, 15) is 14.6 Å². The number of alkyl halides is 1. The van der Waals surface area contributed by atoms with Gasteiger partial charge in [-0.05, 0) is 0 Å². The monoisotopic (exact) mass is 309 g/mol. The zero-order chi connectivity index (χ0) is 16.1. The summed E-state index contributed by atoms with van der Waals surface area (Å²) in [5, 5.41) is 32.1. The molecule has 0 spiro atoms. The van der Waals surface area contributed by atoms with Crippen LogP contribution in [0.15, 0.2) is 6.20 Å². The number of rotatable bonds is 2. The average Bonchev–Trinajstić information content (AvgIpc) is 3.01. The van der Waals surface area contributed by atoms with Crippen molar-refractivity contribution in [3.05, 3.63) is 11.9 Å². The molecular weight excluding hydrogens is 297 g/mol. The number of nitriles is 1. The van der Waals surface area contributed by atoms with E-state index < -0.39 is 30.6 Å². The summed E-state index contributed by atoms with van der Waals surface area (Å²) in [5.41, 5.74) is 9.30. The van der Waals surface area contributed by atoms with Crippen LogP contribution in [0.3, 0.4) is 0 Å². The highest BCUT2D eigenvalue weighted by Crippen LogP contribution is 2.41. The Hall–Kier alpha value is -2.55. The van der Waals surface area contributed by atoms with E-state index in [4.69, 9.17) is 21.5 Å². The van der Waals surface area contributed by atoms with Crippen LogP contribution < -0.4 is 11.5 Å². The Morgan fingerprint density at radius 1 is 1.55 bits per heavy atom. The van der Waals surface area contributed by atoms with E-state index in [1.54, 1.807) is 6.07 Å². The van der Waals surface area contributed by atoms with Gasteiger partial charge in [-0.1, -0.05) is 0 Å². The molecule has 0 amide bonds. The quantitative estimate of drug-likeness (QED) is 0.505. The Bertz CT molecular complexity index is 775. The Balaban J connectivity index is 2.11. The number of aromatic nitrogens is 4. The average molecular weight is 309 g/mol. The van der Waals surface area contributed by atoms with Crippen molar-refractivity contribution >= 4 is 17.4 Å². The van der Waals surface area contributed by atoms with E-state index in [0.29, 0.717) is 0 Å². The van der Waals surface area contributed by atoms with Gasteiger partial charge < -0.3 is 26.4 Å². The number of ether oxygens (including phenoxy) is 1. The number of imidazole rings is 1. The predicted molar refractivity (Wildman–Crippen MR) is 69.8 cm³/mol. The lowest BCUT2D eigenvalue weighted by molar-refractivity contribution is -0.0746. The maximum Gasteiger partial charge on any atom is 0.240 e. The fourth-order valence-electron chi connectivity index (χ4n) is 2.40. The van der Waals surface area contributed by atoms with Crippen molar-refractivity contribution in [2.45, 2.75) is 24.0 Å². The highest BCUT2D eigenvalue weighted by molar-refractivity contribution is 5.60. The van der Waals surface area contributed by atoms with Crippen LogP contribution in [0.1, 0.15) is 11.8 Å². The highest BCUT2D eigenvalue weighted by Gasteiger charge is 2.57. The third kappa shape index (κ3) is 1.78. The molecule has 0 aliphatic carbocycles. The Morgan fingerprint density at radius 3 is 2.86 bits per heavy atom. The maximum atomic E-state index is 14.4. The fraction of sp³-hybridized carbons (Fsp3) is 0.455. The zero-order valence-corrected chi connectivity index (χ0v) is 11.1. The van der Waals surface area contributed by atoms with Gasteiger partial charge in [0.1, 0.15) is 18.3 Å². The number of hydrogen-bond acceptors (Lipinski definition) is 9. The van der Waals surface area contributed by atoms with Gasteiger partial charge in [0.15, 0.2) is 17.6 Å². The summed E-state index contributed by atoms with van der Waals surface area (Å²) in [6.45, 7) is -0.864. The normalized spacial score (nSPS) is 31.5. The van der Waals surface area contributed by atoms with Crippen LogP contribution in [0.25, 0.3) is 5.65 Å². The third-order valence-electron chi connectivity index (χ3n) is 3.55. The SMILES string of the molecule is N#C[C@]1(CO)O[C@@H](c2cnc3c(N)nc(N)nn23)[C@H](F)[C@@H]1O. The predicted octanol–water partition coefficient (Wildman–Crippen LogP) is -1.69. The lowest BCUT2D eigenvalue weighted by Gasteiger charge is -2.20. The molecule has 0 unspecified atom stereocenters. The largest absolute Gasteiger partial charge is 0.392 e. The van der Waals surface area contributed by atoms with Gasteiger partial charge in [0, 0.05) is 0 Å². The van der Waals surface area contributed by atoms with Crippen LogP contribution in [-0.4, -0.2) is 54.3 Å². The zero-order valence-electron chi connectivity index (χ0n) is 11.1. The second-order valence-electron chi connectivity index (χ2n) is 4.86. The van der Waals surface area contributed by atoms with E-state index in [0.717, 1.165) is 4.52 Å². The molecule has 11 heteroatoms. The lowest BCUT2D eigenvalue weighted by Crippen LogP contribution is -2.44. The van der Waals surface area contributed by atoms with Crippen molar-refractivity contribution in [3.8, 4) is 6.07 Å². The molecule has 0 bridgehead atoms. The molecule has 0 saturated carbocycles. The number of aliphatic hydroxyl groups excluding tert-OH is 2. The van der Waals surface area contributed by atoms with Crippen molar-refractivity contribution in [3.63, 3.8) is 0 Å². The molecule has 1 aliphatic rings. The van der Waals surface area contributed by atoms with Crippen molar-refractivity contribution in [1.82, 2.24) is 19.6 Å². The molecule has 6 N–H and O–H groups in total. The Morgan fingerprint density at radius 2 is 2.27 bits per heavy atom. The standard InChI is InChI=1S/C11H12FN7O3/c12-5-6(22-11(2-13,3-20)7(5)21)4-1-16-9-8(14)17-10(15)18-19(4)9/h1,5-7,20-21H,3H2,(H4,14,15,17,18)/t5-,6-,7-,11+/m0/s1. The summed E-state index contributed by atoms with van der Waals surface area (Å²) in [6.07, 6.45) is -3.93. The molecule has 4 atom stereocenters. The molecular formula is C11H12FN7O3. The van der Waals surface area contributed by atoms with Crippen molar-refractivity contribution in [1.29, 1.82) is 5.26 Å². The number of hydrogen-bond donors (Lipinski definition) is 4. The maximum absolute atomic E-state index is 14.4. The van der Waals surface area contributed by atoms with Crippen molar-refractivity contribution in [2.75, 3.05) is 18.1 Å². The van der Waals surface area contributed by atoms with E-state index in [-0.39, 0.29) is 23.1 Å². The first-order chi connectivity index (χ1) is 10.4. The minimum Gasteiger partial charge on any atom is -0.392 e. The second-order valence-corrected chi connectivity index (χ2v) is 4.86. The minimum atomic E-state index is -2.06. The molecule has 3 heterocycles. The number of anilines is 2. The lowest BCUT2D eigenvalue weighted by atomic mass is 9.97.